The second kappa shape index (κ2) is 6.58. The second-order valence-corrected chi connectivity index (χ2v) is 3.99. The molecule has 4 heteroatoms. The van der Waals surface area contributed by atoms with E-state index < -0.39 is 0 Å². The van der Waals surface area contributed by atoms with Crippen LogP contribution < -0.4 is 5.32 Å². The van der Waals surface area contributed by atoms with E-state index in [1.54, 1.807) is 6.08 Å². The first kappa shape index (κ1) is 12.2. The Morgan fingerprint density at radius 1 is 1.60 bits per heavy atom. The summed E-state index contributed by atoms with van der Waals surface area (Å²) in [6.45, 7) is 6.00. The summed E-state index contributed by atoms with van der Waals surface area (Å²) in [6.07, 6.45) is 4.23. The molecule has 0 aliphatic heterocycles. The summed E-state index contributed by atoms with van der Waals surface area (Å²) in [7, 11) is 0. The molecule has 0 aromatic carbocycles. The van der Waals surface area contributed by atoms with Crippen LogP contribution in [0.25, 0.3) is 0 Å². The number of amides is 1. The third kappa shape index (κ3) is 5.54. The molecule has 0 radical (unpaired) electrons. The van der Waals surface area contributed by atoms with Crippen LogP contribution in [-0.4, -0.2) is 48.7 Å². The summed E-state index contributed by atoms with van der Waals surface area (Å²) in [5.74, 6) is 0.747. The molecule has 1 amide bonds. The van der Waals surface area contributed by atoms with Gasteiger partial charge in [0.15, 0.2) is 0 Å². The molecule has 0 unspecified atom stereocenters. The quantitative estimate of drug-likeness (QED) is 0.557. The van der Waals surface area contributed by atoms with Gasteiger partial charge in [0.05, 0.1) is 13.2 Å². The highest BCUT2D eigenvalue weighted by Gasteiger charge is 2.21. The lowest BCUT2D eigenvalue weighted by Gasteiger charge is -2.18. The summed E-state index contributed by atoms with van der Waals surface area (Å²) in [4.78, 5) is 13.3. The first-order valence-electron chi connectivity index (χ1n) is 5.47. The van der Waals surface area contributed by atoms with Crippen LogP contribution in [-0.2, 0) is 4.79 Å². The van der Waals surface area contributed by atoms with Crippen LogP contribution >= 0.6 is 0 Å². The van der Waals surface area contributed by atoms with Gasteiger partial charge in [0.1, 0.15) is 0 Å². The number of hydrogen-bond donors (Lipinski definition) is 2. The lowest BCUT2D eigenvalue weighted by Crippen LogP contribution is -2.39. The molecule has 1 rings (SSSR count). The molecule has 1 fully saturated rings. The van der Waals surface area contributed by atoms with E-state index in [4.69, 9.17) is 5.11 Å². The SMILES string of the molecule is C=CCN(CCO)CC(=O)NCC1CC1. The summed E-state index contributed by atoms with van der Waals surface area (Å²) >= 11 is 0. The average Bonchev–Trinajstić information content (AvgIpc) is 2.99. The number of carbonyl (C=O) groups excluding carboxylic acids is 1. The van der Waals surface area contributed by atoms with Gasteiger partial charge in [-0.05, 0) is 18.8 Å². The molecule has 0 aromatic heterocycles. The van der Waals surface area contributed by atoms with Crippen molar-refractivity contribution in [2.75, 3.05) is 32.8 Å². The number of nitrogens with zero attached hydrogens (tertiary/aromatic N) is 1. The maximum atomic E-state index is 11.5. The van der Waals surface area contributed by atoms with Gasteiger partial charge in [-0.1, -0.05) is 6.08 Å². The van der Waals surface area contributed by atoms with Crippen molar-refractivity contribution in [1.82, 2.24) is 10.2 Å². The standard InChI is InChI=1S/C11H20N2O2/c1-2-5-13(6-7-14)9-11(15)12-8-10-3-4-10/h2,10,14H,1,3-9H2,(H,12,15). The first-order valence-corrected chi connectivity index (χ1v) is 5.47. The summed E-state index contributed by atoms with van der Waals surface area (Å²) in [5.41, 5.74) is 0. The summed E-state index contributed by atoms with van der Waals surface area (Å²) < 4.78 is 0. The average molecular weight is 212 g/mol. The minimum Gasteiger partial charge on any atom is -0.395 e. The summed E-state index contributed by atoms with van der Waals surface area (Å²) in [5, 5.41) is 11.7. The van der Waals surface area contributed by atoms with E-state index in [0.29, 0.717) is 25.6 Å². The molecular weight excluding hydrogens is 192 g/mol. The van der Waals surface area contributed by atoms with Crippen LogP contribution in [0.1, 0.15) is 12.8 Å². The molecule has 1 aliphatic rings. The zero-order chi connectivity index (χ0) is 11.1. The van der Waals surface area contributed by atoms with E-state index >= 15 is 0 Å². The molecule has 1 saturated carbocycles. The lowest BCUT2D eigenvalue weighted by molar-refractivity contribution is -0.122. The Morgan fingerprint density at radius 3 is 2.87 bits per heavy atom. The van der Waals surface area contributed by atoms with Crippen molar-refractivity contribution in [1.29, 1.82) is 0 Å². The van der Waals surface area contributed by atoms with Crippen molar-refractivity contribution >= 4 is 5.91 Å². The van der Waals surface area contributed by atoms with E-state index in [2.05, 4.69) is 11.9 Å². The van der Waals surface area contributed by atoms with E-state index in [1.165, 1.54) is 12.8 Å². The highest BCUT2D eigenvalue weighted by molar-refractivity contribution is 5.78. The van der Waals surface area contributed by atoms with Gasteiger partial charge in [-0.2, -0.15) is 0 Å². The van der Waals surface area contributed by atoms with Crippen molar-refractivity contribution in [3.05, 3.63) is 12.7 Å². The highest BCUT2D eigenvalue weighted by atomic mass is 16.3. The predicted molar refractivity (Wildman–Crippen MR) is 59.5 cm³/mol. The van der Waals surface area contributed by atoms with Gasteiger partial charge in [-0.15, -0.1) is 6.58 Å². The van der Waals surface area contributed by atoms with Crippen LogP contribution in [0.3, 0.4) is 0 Å². The van der Waals surface area contributed by atoms with Crippen LogP contribution in [0.5, 0.6) is 0 Å². The second-order valence-electron chi connectivity index (χ2n) is 3.99. The Bertz CT molecular complexity index is 215. The first-order chi connectivity index (χ1) is 7.26. The van der Waals surface area contributed by atoms with E-state index in [1.807, 2.05) is 4.90 Å². The highest BCUT2D eigenvalue weighted by Crippen LogP contribution is 2.27. The van der Waals surface area contributed by atoms with Crippen molar-refractivity contribution < 1.29 is 9.90 Å². The van der Waals surface area contributed by atoms with Gasteiger partial charge < -0.3 is 10.4 Å². The Kier molecular flexibility index (Phi) is 5.36. The summed E-state index contributed by atoms with van der Waals surface area (Å²) in [6, 6.07) is 0. The Hall–Kier alpha value is -0.870. The number of nitrogens with one attached hydrogen (secondary N) is 1. The van der Waals surface area contributed by atoms with Gasteiger partial charge >= 0.3 is 0 Å². The molecule has 86 valence electrons. The number of rotatable bonds is 8. The van der Waals surface area contributed by atoms with Gasteiger partial charge in [-0.3, -0.25) is 9.69 Å². The van der Waals surface area contributed by atoms with Crippen molar-refractivity contribution in [3.8, 4) is 0 Å². The van der Waals surface area contributed by atoms with Gasteiger partial charge in [0, 0.05) is 19.6 Å². The fourth-order valence-electron chi connectivity index (χ4n) is 1.40. The number of carbonyl (C=O) groups is 1. The fourth-order valence-corrected chi connectivity index (χ4v) is 1.40. The topological polar surface area (TPSA) is 52.6 Å². The molecule has 15 heavy (non-hydrogen) atoms. The lowest BCUT2D eigenvalue weighted by atomic mass is 10.4. The molecule has 0 bridgehead atoms. The molecule has 2 N–H and O–H groups in total. The third-order valence-corrected chi connectivity index (χ3v) is 2.46. The number of aliphatic hydroxyl groups is 1. The van der Waals surface area contributed by atoms with E-state index in [9.17, 15) is 4.79 Å². The molecule has 1 aliphatic carbocycles. The molecular formula is C11H20N2O2. The zero-order valence-corrected chi connectivity index (χ0v) is 9.11. The van der Waals surface area contributed by atoms with Crippen molar-refractivity contribution in [3.63, 3.8) is 0 Å². The maximum absolute atomic E-state index is 11.5. The minimum atomic E-state index is 0.0391. The molecule has 0 heterocycles. The molecule has 0 saturated heterocycles. The molecule has 0 spiro atoms. The normalized spacial score (nSPS) is 15.3. The predicted octanol–water partition coefficient (Wildman–Crippen LogP) is -0.00710. The fraction of sp³-hybridized carbons (Fsp3) is 0.727. The molecule has 0 aromatic rings. The van der Waals surface area contributed by atoms with Crippen LogP contribution in [0.15, 0.2) is 12.7 Å². The number of hydrogen-bond acceptors (Lipinski definition) is 3. The van der Waals surface area contributed by atoms with Gasteiger partial charge in [0.2, 0.25) is 5.91 Å². The van der Waals surface area contributed by atoms with Crippen molar-refractivity contribution in [2.24, 2.45) is 5.92 Å². The van der Waals surface area contributed by atoms with Gasteiger partial charge in [-0.25, -0.2) is 0 Å². The maximum Gasteiger partial charge on any atom is 0.234 e. The molecule has 0 atom stereocenters. The minimum absolute atomic E-state index is 0.0391. The Morgan fingerprint density at radius 2 is 2.33 bits per heavy atom. The van der Waals surface area contributed by atoms with Crippen LogP contribution in [0.2, 0.25) is 0 Å². The van der Waals surface area contributed by atoms with Crippen LogP contribution in [0, 0.1) is 5.92 Å². The zero-order valence-electron chi connectivity index (χ0n) is 9.11. The molecule has 4 nitrogen and oxygen atoms in total. The van der Waals surface area contributed by atoms with Crippen molar-refractivity contribution in [2.45, 2.75) is 12.8 Å². The van der Waals surface area contributed by atoms with E-state index in [-0.39, 0.29) is 12.5 Å². The Balaban J connectivity index is 2.15. The largest absolute Gasteiger partial charge is 0.395 e. The van der Waals surface area contributed by atoms with Gasteiger partial charge in [0.25, 0.3) is 0 Å². The number of aliphatic hydroxyl groups excluding tert-OH is 1. The van der Waals surface area contributed by atoms with E-state index in [0.717, 1.165) is 6.54 Å². The Labute approximate surface area is 91.0 Å². The third-order valence-electron chi connectivity index (χ3n) is 2.46. The smallest absolute Gasteiger partial charge is 0.234 e. The monoisotopic (exact) mass is 212 g/mol. The van der Waals surface area contributed by atoms with Crippen LogP contribution in [0.4, 0.5) is 0 Å².